The van der Waals surface area contributed by atoms with Crippen molar-refractivity contribution in [2.45, 2.75) is 31.8 Å². The second kappa shape index (κ2) is 4.03. The molecular weight excluding hydrogens is 242 g/mol. The van der Waals surface area contributed by atoms with Crippen molar-refractivity contribution >= 4 is 5.91 Å². The molecule has 2 atom stereocenters. The van der Waals surface area contributed by atoms with Crippen LogP contribution in [0, 0.1) is 11.8 Å². The van der Waals surface area contributed by atoms with E-state index >= 15 is 0 Å². The monoisotopic (exact) mass is 261 g/mol. The van der Waals surface area contributed by atoms with Crippen LogP contribution in [0.1, 0.15) is 29.3 Å². The average molecular weight is 261 g/mol. The number of amides is 1. The lowest BCUT2D eigenvalue weighted by Gasteiger charge is -2.25. The van der Waals surface area contributed by atoms with E-state index in [0.29, 0.717) is 23.7 Å². The van der Waals surface area contributed by atoms with E-state index in [2.05, 4.69) is 27.5 Å². The minimum Gasteiger partial charge on any atom is -0.347 e. The fourth-order valence-corrected chi connectivity index (χ4v) is 3.40. The van der Waals surface area contributed by atoms with Crippen LogP contribution in [0.2, 0.25) is 0 Å². The highest BCUT2D eigenvalue weighted by atomic mass is 16.2. The second-order valence-electron chi connectivity index (χ2n) is 6.24. The molecule has 2 unspecified atom stereocenters. The van der Waals surface area contributed by atoms with E-state index in [1.807, 2.05) is 4.57 Å². The van der Waals surface area contributed by atoms with E-state index in [-0.39, 0.29) is 5.91 Å². The van der Waals surface area contributed by atoms with Gasteiger partial charge in [-0.25, -0.2) is 0 Å². The fraction of sp³-hybridized carbons (Fsp3) is 0.769. The summed E-state index contributed by atoms with van der Waals surface area (Å²) in [5.41, 5.74) is 0. The van der Waals surface area contributed by atoms with Gasteiger partial charge < -0.3 is 14.8 Å². The number of carbonyl (C=O) groups is 1. The van der Waals surface area contributed by atoms with E-state index in [9.17, 15) is 4.79 Å². The van der Waals surface area contributed by atoms with E-state index in [4.69, 9.17) is 0 Å². The van der Waals surface area contributed by atoms with Gasteiger partial charge in [-0.3, -0.25) is 4.79 Å². The number of nitrogens with one attached hydrogen (secondary N) is 1. The summed E-state index contributed by atoms with van der Waals surface area (Å²) in [6.07, 6.45) is 3.16. The Balaban J connectivity index is 1.58. The number of rotatable bonds is 2. The zero-order valence-corrected chi connectivity index (χ0v) is 11.2. The lowest BCUT2D eigenvalue weighted by atomic mass is 9.89. The maximum absolute atomic E-state index is 12.1. The molecule has 6 heteroatoms. The summed E-state index contributed by atoms with van der Waals surface area (Å²) in [4.78, 5) is 14.5. The first-order valence-corrected chi connectivity index (χ1v) is 7.12. The molecule has 0 radical (unpaired) electrons. The fourth-order valence-electron chi connectivity index (χ4n) is 3.40. The Labute approximate surface area is 112 Å². The van der Waals surface area contributed by atoms with Gasteiger partial charge in [-0.15, -0.1) is 10.2 Å². The van der Waals surface area contributed by atoms with Gasteiger partial charge >= 0.3 is 0 Å². The van der Waals surface area contributed by atoms with Crippen LogP contribution in [-0.2, 0) is 13.0 Å². The molecule has 102 valence electrons. The summed E-state index contributed by atoms with van der Waals surface area (Å²) in [6, 6.07) is 0.370. The zero-order chi connectivity index (χ0) is 13.0. The topological polar surface area (TPSA) is 63.1 Å². The predicted octanol–water partition coefficient (Wildman–Crippen LogP) is -0.0958. The van der Waals surface area contributed by atoms with Gasteiger partial charge in [0.1, 0.15) is 5.82 Å². The Bertz CT molecular complexity index is 521. The average Bonchev–Trinajstić information content (AvgIpc) is 2.96. The summed E-state index contributed by atoms with van der Waals surface area (Å²) < 4.78 is 2.04. The van der Waals surface area contributed by atoms with Crippen molar-refractivity contribution in [3.63, 3.8) is 0 Å². The molecular formula is C13H19N5O. The van der Waals surface area contributed by atoms with Crippen LogP contribution >= 0.6 is 0 Å². The first-order chi connectivity index (χ1) is 9.20. The van der Waals surface area contributed by atoms with E-state index in [1.165, 1.54) is 0 Å². The van der Waals surface area contributed by atoms with Gasteiger partial charge in [0.2, 0.25) is 5.82 Å². The van der Waals surface area contributed by atoms with E-state index in [1.54, 1.807) is 0 Å². The molecule has 1 saturated heterocycles. The third kappa shape index (κ3) is 1.94. The molecule has 2 fully saturated rings. The van der Waals surface area contributed by atoms with Crippen molar-refractivity contribution in [2.75, 3.05) is 20.1 Å². The first-order valence-electron chi connectivity index (χ1n) is 7.12. The van der Waals surface area contributed by atoms with Crippen molar-refractivity contribution in [3.8, 4) is 0 Å². The molecule has 1 N–H and O–H groups in total. The molecule has 4 rings (SSSR count). The van der Waals surface area contributed by atoms with Gasteiger partial charge in [0, 0.05) is 32.1 Å². The minimum absolute atomic E-state index is 0.0500. The number of likely N-dealkylation sites (tertiary alicyclic amines) is 1. The molecule has 0 spiro atoms. The Kier molecular flexibility index (Phi) is 2.42. The number of nitrogens with zero attached hydrogens (tertiary/aromatic N) is 4. The van der Waals surface area contributed by atoms with Crippen molar-refractivity contribution < 1.29 is 4.79 Å². The lowest BCUT2D eigenvalue weighted by molar-refractivity contribution is 0.0932. The van der Waals surface area contributed by atoms with Crippen LogP contribution in [0.25, 0.3) is 0 Å². The molecule has 1 amide bonds. The van der Waals surface area contributed by atoms with Crippen molar-refractivity contribution in [2.24, 2.45) is 11.8 Å². The molecule has 19 heavy (non-hydrogen) atoms. The highest BCUT2D eigenvalue weighted by Gasteiger charge is 2.38. The highest BCUT2D eigenvalue weighted by molar-refractivity contribution is 5.91. The van der Waals surface area contributed by atoms with Crippen molar-refractivity contribution in [1.29, 1.82) is 0 Å². The van der Waals surface area contributed by atoms with E-state index in [0.717, 1.165) is 44.7 Å². The Morgan fingerprint density at radius 2 is 2.00 bits per heavy atom. The molecule has 6 nitrogen and oxygen atoms in total. The third-order valence-electron chi connectivity index (χ3n) is 4.56. The quantitative estimate of drug-likeness (QED) is 0.808. The molecule has 1 saturated carbocycles. The number of hydrogen-bond donors (Lipinski definition) is 1. The van der Waals surface area contributed by atoms with Crippen LogP contribution < -0.4 is 5.32 Å². The molecule has 1 aliphatic carbocycles. The Morgan fingerprint density at radius 3 is 2.79 bits per heavy atom. The number of fused-ring (bicyclic) bond motifs is 2. The lowest BCUT2D eigenvalue weighted by Crippen LogP contribution is -2.33. The Hall–Kier alpha value is -1.43. The van der Waals surface area contributed by atoms with Crippen LogP contribution in [0.15, 0.2) is 0 Å². The standard InChI is InChI=1S/C13H19N5O/c1-17-5-8-4-11-15-16-12(13(19)14-10-2-3-10)18(11)7-9(8)6-17/h8-10H,2-7H2,1H3,(H,14,19). The highest BCUT2D eigenvalue weighted by Crippen LogP contribution is 2.31. The summed E-state index contributed by atoms with van der Waals surface area (Å²) in [6.45, 7) is 3.15. The van der Waals surface area contributed by atoms with Gasteiger partial charge in [0.05, 0.1) is 0 Å². The van der Waals surface area contributed by atoms with Gasteiger partial charge in [-0.2, -0.15) is 0 Å². The van der Waals surface area contributed by atoms with Crippen LogP contribution in [0.4, 0.5) is 0 Å². The van der Waals surface area contributed by atoms with Gasteiger partial charge in [0.25, 0.3) is 5.91 Å². The summed E-state index contributed by atoms with van der Waals surface area (Å²) in [5, 5.41) is 11.3. The van der Waals surface area contributed by atoms with Crippen molar-refractivity contribution in [1.82, 2.24) is 25.0 Å². The summed E-state index contributed by atoms with van der Waals surface area (Å²) >= 11 is 0. The van der Waals surface area contributed by atoms with Gasteiger partial charge in [-0.1, -0.05) is 0 Å². The van der Waals surface area contributed by atoms with Gasteiger partial charge in [-0.05, 0) is 31.7 Å². The third-order valence-corrected chi connectivity index (χ3v) is 4.56. The van der Waals surface area contributed by atoms with Crippen LogP contribution in [-0.4, -0.2) is 51.8 Å². The van der Waals surface area contributed by atoms with Gasteiger partial charge in [0.15, 0.2) is 0 Å². The first kappa shape index (κ1) is 11.4. The number of hydrogen-bond acceptors (Lipinski definition) is 4. The zero-order valence-electron chi connectivity index (χ0n) is 11.2. The summed E-state index contributed by atoms with van der Waals surface area (Å²) in [7, 11) is 2.17. The minimum atomic E-state index is -0.0500. The Morgan fingerprint density at radius 1 is 1.21 bits per heavy atom. The van der Waals surface area contributed by atoms with Crippen molar-refractivity contribution in [3.05, 3.63) is 11.6 Å². The normalized spacial score (nSPS) is 29.9. The molecule has 1 aromatic rings. The van der Waals surface area contributed by atoms with Crippen LogP contribution in [0.3, 0.4) is 0 Å². The van der Waals surface area contributed by atoms with E-state index < -0.39 is 0 Å². The molecule has 0 aromatic carbocycles. The number of aromatic nitrogens is 3. The maximum atomic E-state index is 12.1. The molecule has 0 bridgehead atoms. The molecule has 3 heterocycles. The summed E-state index contributed by atoms with van der Waals surface area (Å²) in [5.74, 6) is 2.76. The molecule has 2 aliphatic heterocycles. The second-order valence-corrected chi connectivity index (χ2v) is 6.24. The largest absolute Gasteiger partial charge is 0.347 e. The number of carbonyl (C=O) groups excluding carboxylic acids is 1. The van der Waals surface area contributed by atoms with Crippen LogP contribution in [0.5, 0.6) is 0 Å². The predicted molar refractivity (Wildman–Crippen MR) is 68.7 cm³/mol. The SMILES string of the molecule is CN1CC2Cc3nnc(C(=O)NC4CC4)n3CC2C1. The molecule has 1 aromatic heterocycles. The maximum Gasteiger partial charge on any atom is 0.289 e. The molecule has 3 aliphatic rings. The smallest absolute Gasteiger partial charge is 0.289 e.